The first-order chi connectivity index (χ1) is 8.10. The Kier molecular flexibility index (Phi) is 4.94. The Morgan fingerprint density at radius 3 is 2.76 bits per heavy atom. The van der Waals surface area contributed by atoms with Crippen LogP contribution < -0.4 is 0 Å². The van der Waals surface area contributed by atoms with E-state index in [9.17, 15) is 9.59 Å². The highest BCUT2D eigenvalue weighted by Crippen LogP contribution is 2.21. The van der Waals surface area contributed by atoms with Crippen LogP contribution in [0.3, 0.4) is 0 Å². The van der Waals surface area contributed by atoms with Crippen molar-refractivity contribution < 1.29 is 14.3 Å². The Labute approximate surface area is 102 Å². The summed E-state index contributed by atoms with van der Waals surface area (Å²) in [5.74, 6) is 0.0757. The third-order valence-electron chi connectivity index (χ3n) is 2.52. The number of aldehydes is 1. The maximum atomic E-state index is 11.9. The molecule has 0 aliphatic rings. The fourth-order valence-corrected chi connectivity index (χ4v) is 1.80. The lowest BCUT2D eigenvalue weighted by atomic mass is 10.0. The Hall–Kier alpha value is -1.58. The van der Waals surface area contributed by atoms with Gasteiger partial charge in [0.2, 0.25) is 0 Å². The standard InChI is InChI=1S/C13H19NO3/c1-4-17-13(16)12(8-10(2)3)14-7-5-6-11(14)9-15/h5-7,9-10,12H,4,8H2,1-3H3. The molecule has 0 aliphatic heterocycles. The summed E-state index contributed by atoms with van der Waals surface area (Å²) in [7, 11) is 0. The fourth-order valence-electron chi connectivity index (χ4n) is 1.80. The van der Waals surface area contributed by atoms with Crippen molar-refractivity contribution in [2.75, 3.05) is 6.61 Å². The average Bonchev–Trinajstić information content (AvgIpc) is 2.73. The van der Waals surface area contributed by atoms with Crippen molar-refractivity contribution in [3.63, 3.8) is 0 Å². The van der Waals surface area contributed by atoms with Crippen LogP contribution in [0.5, 0.6) is 0 Å². The van der Waals surface area contributed by atoms with Crippen molar-refractivity contribution in [1.29, 1.82) is 0 Å². The lowest BCUT2D eigenvalue weighted by molar-refractivity contribution is -0.147. The number of nitrogens with zero attached hydrogens (tertiary/aromatic N) is 1. The zero-order valence-corrected chi connectivity index (χ0v) is 10.6. The molecule has 0 saturated carbocycles. The van der Waals surface area contributed by atoms with E-state index in [1.54, 1.807) is 29.8 Å². The summed E-state index contributed by atoms with van der Waals surface area (Å²) in [6.07, 6.45) is 3.16. The van der Waals surface area contributed by atoms with Crippen LogP contribution in [0.1, 0.15) is 43.7 Å². The second-order valence-corrected chi connectivity index (χ2v) is 4.36. The van der Waals surface area contributed by atoms with Gasteiger partial charge in [-0.1, -0.05) is 13.8 Å². The van der Waals surface area contributed by atoms with E-state index in [2.05, 4.69) is 0 Å². The van der Waals surface area contributed by atoms with E-state index >= 15 is 0 Å². The molecule has 0 radical (unpaired) electrons. The summed E-state index contributed by atoms with van der Waals surface area (Å²) in [5, 5.41) is 0. The number of hydrogen-bond donors (Lipinski definition) is 0. The van der Waals surface area contributed by atoms with Crippen LogP contribution in [0.4, 0.5) is 0 Å². The van der Waals surface area contributed by atoms with Crippen LogP contribution in [0, 0.1) is 5.92 Å². The van der Waals surface area contributed by atoms with Crippen molar-refractivity contribution >= 4 is 12.3 Å². The predicted molar refractivity (Wildman–Crippen MR) is 64.9 cm³/mol. The minimum absolute atomic E-state index is 0.277. The predicted octanol–water partition coefficient (Wildman–Crippen LogP) is 2.45. The molecule has 0 N–H and O–H groups in total. The summed E-state index contributed by atoms with van der Waals surface area (Å²) in [6, 6.07) is 3.04. The highest BCUT2D eigenvalue weighted by molar-refractivity contribution is 5.78. The molecule has 4 heteroatoms. The summed E-state index contributed by atoms with van der Waals surface area (Å²) < 4.78 is 6.74. The van der Waals surface area contributed by atoms with E-state index < -0.39 is 6.04 Å². The van der Waals surface area contributed by atoms with Gasteiger partial charge in [-0.3, -0.25) is 4.79 Å². The minimum Gasteiger partial charge on any atom is -0.464 e. The van der Waals surface area contributed by atoms with Crippen molar-refractivity contribution in [3.05, 3.63) is 24.0 Å². The van der Waals surface area contributed by atoms with Gasteiger partial charge in [0.15, 0.2) is 6.29 Å². The van der Waals surface area contributed by atoms with Gasteiger partial charge in [0.05, 0.1) is 12.3 Å². The molecule has 0 spiro atoms. The summed E-state index contributed by atoms with van der Waals surface area (Å²) in [5.41, 5.74) is 0.503. The zero-order valence-electron chi connectivity index (χ0n) is 10.6. The van der Waals surface area contributed by atoms with Gasteiger partial charge in [0.1, 0.15) is 6.04 Å². The molecule has 0 bridgehead atoms. The lowest BCUT2D eigenvalue weighted by Crippen LogP contribution is -2.24. The van der Waals surface area contributed by atoms with E-state index in [1.165, 1.54) is 0 Å². The van der Waals surface area contributed by atoms with Crippen LogP contribution in [-0.2, 0) is 9.53 Å². The number of rotatable bonds is 6. The normalized spacial score (nSPS) is 12.5. The molecule has 0 aliphatic carbocycles. The lowest BCUT2D eigenvalue weighted by Gasteiger charge is -2.20. The van der Waals surface area contributed by atoms with E-state index in [4.69, 9.17) is 4.74 Å². The second-order valence-electron chi connectivity index (χ2n) is 4.36. The first-order valence-electron chi connectivity index (χ1n) is 5.88. The van der Waals surface area contributed by atoms with Gasteiger partial charge in [-0.2, -0.15) is 0 Å². The number of carbonyl (C=O) groups is 2. The van der Waals surface area contributed by atoms with Crippen LogP contribution >= 0.6 is 0 Å². The molecule has 0 saturated heterocycles. The SMILES string of the molecule is CCOC(=O)C(CC(C)C)n1cccc1C=O. The number of esters is 1. The third kappa shape index (κ3) is 3.44. The largest absolute Gasteiger partial charge is 0.464 e. The fraction of sp³-hybridized carbons (Fsp3) is 0.538. The molecule has 1 aromatic heterocycles. The van der Waals surface area contributed by atoms with E-state index in [0.29, 0.717) is 24.6 Å². The number of hydrogen-bond acceptors (Lipinski definition) is 3. The highest BCUT2D eigenvalue weighted by Gasteiger charge is 2.24. The van der Waals surface area contributed by atoms with Gasteiger partial charge >= 0.3 is 5.97 Å². The van der Waals surface area contributed by atoms with Gasteiger partial charge in [-0.25, -0.2) is 4.79 Å². The van der Waals surface area contributed by atoms with E-state index in [1.807, 2.05) is 13.8 Å². The Bertz CT molecular complexity index is 382. The second kappa shape index (κ2) is 6.23. The van der Waals surface area contributed by atoms with Gasteiger partial charge in [-0.05, 0) is 31.4 Å². The molecule has 0 amide bonds. The number of ether oxygens (including phenoxy) is 1. The molecule has 1 rings (SSSR count). The zero-order chi connectivity index (χ0) is 12.8. The Morgan fingerprint density at radius 2 is 2.24 bits per heavy atom. The number of aromatic nitrogens is 1. The maximum Gasteiger partial charge on any atom is 0.329 e. The topological polar surface area (TPSA) is 48.3 Å². The Morgan fingerprint density at radius 1 is 1.53 bits per heavy atom. The van der Waals surface area contributed by atoms with Crippen LogP contribution in [0.15, 0.2) is 18.3 Å². The van der Waals surface area contributed by atoms with Crippen LogP contribution in [0.25, 0.3) is 0 Å². The van der Waals surface area contributed by atoms with Gasteiger partial charge < -0.3 is 9.30 Å². The molecule has 1 aromatic rings. The molecule has 17 heavy (non-hydrogen) atoms. The van der Waals surface area contributed by atoms with Crippen molar-refractivity contribution in [2.45, 2.75) is 33.2 Å². The molecule has 1 unspecified atom stereocenters. The molecule has 4 nitrogen and oxygen atoms in total. The Balaban J connectivity index is 2.97. The first-order valence-corrected chi connectivity index (χ1v) is 5.88. The quantitative estimate of drug-likeness (QED) is 0.564. The molecular formula is C13H19NO3. The number of carbonyl (C=O) groups excluding carboxylic acids is 2. The third-order valence-corrected chi connectivity index (χ3v) is 2.52. The molecule has 0 aromatic carbocycles. The van der Waals surface area contributed by atoms with E-state index in [0.717, 1.165) is 6.29 Å². The molecule has 94 valence electrons. The van der Waals surface area contributed by atoms with Gasteiger partial charge in [-0.15, -0.1) is 0 Å². The summed E-state index contributed by atoms with van der Waals surface area (Å²) in [4.78, 5) is 22.8. The van der Waals surface area contributed by atoms with Crippen molar-refractivity contribution in [1.82, 2.24) is 4.57 Å². The first kappa shape index (κ1) is 13.5. The molecule has 1 heterocycles. The van der Waals surface area contributed by atoms with E-state index in [-0.39, 0.29) is 5.97 Å². The van der Waals surface area contributed by atoms with Gasteiger partial charge in [0.25, 0.3) is 0 Å². The summed E-state index contributed by atoms with van der Waals surface area (Å²) in [6.45, 7) is 6.21. The highest BCUT2D eigenvalue weighted by atomic mass is 16.5. The van der Waals surface area contributed by atoms with Crippen molar-refractivity contribution in [2.24, 2.45) is 5.92 Å². The molecular weight excluding hydrogens is 218 g/mol. The van der Waals surface area contributed by atoms with Gasteiger partial charge in [0, 0.05) is 6.20 Å². The summed E-state index contributed by atoms with van der Waals surface area (Å²) >= 11 is 0. The maximum absolute atomic E-state index is 11.9. The average molecular weight is 237 g/mol. The van der Waals surface area contributed by atoms with Crippen LogP contribution in [0.2, 0.25) is 0 Å². The molecule has 0 fully saturated rings. The van der Waals surface area contributed by atoms with Crippen LogP contribution in [-0.4, -0.2) is 23.4 Å². The minimum atomic E-state index is -0.412. The van der Waals surface area contributed by atoms with Crippen molar-refractivity contribution in [3.8, 4) is 0 Å². The molecule has 1 atom stereocenters. The monoisotopic (exact) mass is 237 g/mol. The smallest absolute Gasteiger partial charge is 0.329 e.